The van der Waals surface area contributed by atoms with Crippen LogP contribution in [0.25, 0.3) is 11.5 Å². The Morgan fingerprint density at radius 3 is 2.94 bits per heavy atom. The molecule has 1 aliphatic heterocycles. The summed E-state index contributed by atoms with van der Waals surface area (Å²) < 4.78 is 18.5. The lowest BCUT2D eigenvalue weighted by molar-refractivity contribution is 0.319. The maximum atomic E-state index is 13.0. The van der Waals surface area contributed by atoms with Crippen LogP contribution in [0.15, 0.2) is 28.7 Å². The number of nitrogens with one attached hydrogen (secondary N) is 1. The maximum absolute atomic E-state index is 13.0. The van der Waals surface area contributed by atoms with Crippen LogP contribution < -0.4 is 5.32 Å². The highest BCUT2D eigenvalue weighted by atomic mass is 19.1. The Balaban J connectivity index is 1.79. The molecule has 2 heterocycles. The Hall–Kier alpha value is -1.75. The van der Waals surface area contributed by atoms with Gasteiger partial charge in [0, 0.05) is 12.0 Å². The molecule has 5 heteroatoms. The van der Waals surface area contributed by atoms with E-state index in [9.17, 15) is 4.39 Å². The third kappa shape index (κ3) is 2.19. The highest BCUT2D eigenvalue weighted by molar-refractivity contribution is 5.52. The summed E-state index contributed by atoms with van der Waals surface area (Å²) in [5.74, 6) is 1.28. The summed E-state index contributed by atoms with van der Waals surface area (Å²) in [5, 5.41) is 11.1. The van der Waals surface area contributed by atoms with Crippen LogP contribution in [-0.2, 0) is 6.42 Å². The Morgan fingerprint density at radius 2 is 2.24 bits per heavy atom. The summed E-state index contributed by atoms with van der Waals surface area (Å²) in [6.45, 7) is 2.00. The molecule has 0 saturated carbocycles. The number of hydrogen-bond acceptors (Lipinski definition) is 4. The second kappa shape index (κ2) is 4.25. The molecule has 0 aliphatic carbocycles. The van der Waals surface area contributed by atoms with Crippen molar-refractivity contribution >= 4 is 0 Å². The largest absolute Gasteiger partial charge is 0.421 e. The lowest BCUT2D eigenvalue weighted by atomic mass is 10.00. The Kier molecular flexibility index (Phi) is 2.60. The van der Waals surface area contributed by atoms with Gasteiger partial charge in [-0.1, -0.05) is 6.07 Å². The Labute approximate surface area is 97.9 Å². The van der Waals surface area contributed by atoms with E-state index in [1.54, 1.807) is 12.1 Å². The highest BCUT2D eigenvalue weighted by Gasteiger charge is 2.20. The molecular weight excluding hydrogens is 221 g/mol. The van der Waals surface area contributed by atoms with Gasteiger partial charge < -0.3 is 9.73 Å². The Morgan fingerprint density at radius 1 is 1.35 bits per heavy atom. The minimum atomic E-state index is -0.301. The third-order valence-corrected chi connectivity index (χ3v) is 2.87. The number of rotatable bonds is 3. The zero-order chi connectivity index (χ0) is 11.7. The number of hydrogen-bond donors (Lipinski definition) is 1. The molecule has 1 N–H and O–H groups in total. The van der Waals surface area contributed by atoms with Crippen LogP contribution in [0.2, 0.25) is 0 Å². The number of halogens is 1. The molecule has 0 radical (unpaired) electrons. The second-order valence-electron chi connectivity index (χ2n) is 4.24. The van der Waals surface area contributed by atoms with Crippen LogP contribution in [0, 0.1) is 11.7 Å². The van der Waals surface area contributed by atoms with E-state index in [0.29, 0.717) is 23.3 Å². The Bertz CT molecular complexity index is 522. The van der Waals surface area contributed by atoms with Gasteiger partial charge in [0.05, 0.1) is 0 Å². The van der Waals surface area contributed by atoms with E-state index in [0.717, 1.165) is 19.5 Å². The zero-order valence-corrected chi connectivity index (χ0v) is 9.19. The predicted octanol–water partition coefficient (Wildman–Crippen LogP) is 1.64. The van der Waals surface area contributed by atoms with E-state index in [-0.39, 0.29) is 5.82 Å². The van der Waals surface area contributed by atoms with E-state index >= 15 is 0 Å². The molecule has 0 spiro atoms. The van der Waals surface area contributed by atoms with Gasteiger partial charge in [0.15, 0.2) is 0 Å². The van der Waals surface area contributed by atoms with Crippen molar-refractivity contribution in [3.05, 3.63) is 36.0 Å². The average Bonchev–Trinajstić information content (AvgIpc) is 2.72. The average molecular weight is 233 g/mol. The van der Waals surface area contributed by atoms with Gasteiger partial charge >= 0.3 is 0 Å². The van der Waals surface area contributed by atoms with Gasteiger partial charge in [-0.3, -0.25) is 0 Å². The molecule has 2 aromatic rings. The lowest BCUT2D eigenvalue weighted by Crippen LogP contribution is -2.43. The molecule has 0 unspecified atom stereocenters. The van der Waals surface area contributed by atoms with Crippen molar-refractivity contribution in [2.45, 2.75) is 6.42 Å². The summed E-state index contributed by atoms with van der Waals surface area (Å²) in [5.41, 5.74) is 0.621. The van der Waals surface area contributed by atoms with Gasteiger partial charge in [0.25, 0.3) is 0 Å². The number of aromatic nitrogens is 2. The first-order chi connectivity index (χ1) is 8.31. The smallest absolute Gasteiger partial charge is 0.247 e. The van der Waals surface area contributed by atoms with Gasteiger partial charge in [0.1, 0.15) is 5.82 Å². The molecule has 3 rings (SSSR count). The standard InChI is InChI=1S/C12H12FN3O/c13-10-3-1-2-9(5-10)12-16-15-11(17-12)4-8-6-14-7-8/h1-3,5,8,14H,4,6-7H2. The summed E-state index contributed by atoms with van der Waals surface area (Å²) >= 11 is 0. The molecule has 1 saturated heterocycles. The van der Waals surface area contributed by atoms with Crippen LogP contribution in [0.3, 0.4) is 0 Å². The van der Waals surface area contributed by atoms with Crippen LogP contribution in [0.1, 0.15) is 5.89 Å². The van der Waals surface area contributed by atoms with Crippen molar-refractivity contribution in [2.75, 3.05) is 13.1 Å². The topological polar surface area (TPSA) is 51.0 Å². The molecule has 1 aliphatic rings. The summed E-state index contributed by atoms with van der Waals surface area (Å²) in [6.07, 6.45) is 0.787. The molecule has 1 aromatic heterocycles. The van der Waals surface area contributed by atoms with Crippen molar-refractivity contribution < 1.29 is 8.81 Å². The van der Waals surface area contributed by atoms with Crippen LogP contribution >= 0.6 is 0 Å². The van der Waals surface area contributed by atoms with E-state index in [4.69, 9.17) is 4.42 Å². The highest BCUT2D eigenvalue weighted by Crippen LogP contribution is 2.20. The molecule has 17 heavy (non-hydrogen) atoms. The van der Waals surface area contributed by atoms with Gasteiger partial charge in [-0.25, -0.2) is 4.39 Å². The fraction of sp³-hybridized carbons (Fsp3) is 0.333. The summed E-state index contributed by atoms with van der Waals surface area (Å²) in [4.78, 5) is 0. The van der Waals surface area contributed by atoms with E-state index in [1.807, 2.05) is 0 Å². The first kappa shape index (κ1) is 10.4. The molecule has 88 valence electrons. The first-order valence-corrected chi connectivity index (χ1v) is 5.60. The molecular formula is C12H12FN3O. The monoisotopic (exact) mass is 233 g/mol. The van der Waals surface area contributed by atoms with Gasteiger partial charge in [0.2, 0.25) is 11.8 Å². The van der Waals surface area contributed by atoms with Crippen LogP contribution in [-0.4, -0.2) is 23.3 Å². The minimum Gasteiger partial charge on any atom is -0.421 e. The van der Waals surface area contributed by atoms with Crippen molar-refractivity contribution in [1.29, 1.82) is 0 Å². The zero-order valence-electron chi connectivity index (χ0n) is 9.19. The van der Waals surface area contributed by atoms with Gasteiger partial charge in [-0.2, -0.15) is 0 Å². The molecule has 0 bridgehead atoms. The number of nitrogens with zero attached hydrogens (tertiary/aromatic N) is 2. The fourth-order valence-corrected chi connectivity index (χ4v) is 1.81. The molecule has 1 fully saturated rings. The molecule has 4 nitrogen and oxygen atoms in total. The quantitative estimate of drug-likeness (QED) is 0.875. The molecule has 0 amide bonds. The SMILES string of the molecule is Fc1cccc(-c2nnc(CC3CNC3)o2)c1. The van der Waals surface area contributed by atoms with Crippen molar-refractivity contribution in [3.8, 4) is 11.5 Å². The fourth-order valence-electron chi connectivity index (χ4n) is 1.81. The van der Waals surface area contributed by atoms with Gasteiger partial charge in [-0.15, -0.1) is 10.2 Å². The van der Waals surface area contributed by atoms with Crippen molar-refractivity contribution in [1.82, 2.24) is 15.5 Å². The predicted molar refractivity (Wildman–Crippen MR) is 59.8 cm³/mol. The second-order valence-corrected chi connectivity index (χ2v) is 4.24. The third-order valence-electron chi connectivity index (χ3n) is 2.87. The van der Waals surface area contributed by atoms with Crippen molar-refractivity contribution in [3.63, 3.8) is 0 Å². The summed E-state index contributed by atoms with van der Waals surface area (Å²) in [6, 6.07) is 6.17. The number of benzene rings is 1. The van der Waals surface area contributed by atoms with E-state index in [1.165, 1.54) is 12.1 Å². The van der Waals surface area contributed by atoms with Crippen LogP contribution in [0.5, 0.6) is 0 Å². The lowest BCUT2D eigenvalue weighted by Gasteiger charge is -2.25. The van der Waals surface area contributed by atoms with E-state index < -0.39 is 0 Å². The van der Waals surface area contributed by atoms with Gasteiger partial charge in [-0.05, 0) is 37.2 Å². The van der Waals surface area contributed by atoms with Crippen molar-refractivity contribution in [2.24, 2.45) is 5.92 Å². The van der Waals surface area contributed by atoms with Crippen LogP contribution in [0.4, 0.5) is 4.39 Å². The minimum absolute atomic E-state index is 0.301. The molecule has 0 atom stereocenters. The normalized spacial score (nSPS) is 15.8. The van der Waals surface area contributed by atoms with E-state index in [2.05, 4.69) is 15.5 Å². The first-order valence-electron chi connectivity index (χ1n) is 5.60. The molecule has 1 aromatic carbocycles. The summed E-state index contributed by atoms with van der Waals surface area (Å²) in [7, 11) is 0. The maximum Gasteiger partial charge on any atom is 0.247 e.